The van der Waals surface area contributed by atoms with Crippen LogP contribution in [-0.2, 0) is 19.0 Å². The van der Waals surface area contributed by atoms with E-state index in [9.17, 15) is 9.59 Å². The van der Waals surface area contributed by atoms with Gasteiger partial charge in [-0.2, -0.15) is 0 Å². The van der Waals surface area contributed by atoms with Crippen molar-refractivity contribution in [2.75, 3.05) is 52.6 Å². The van der Waals surface area contributed by atoms with Gasteiger partial charge < -0.3 is 19.5 Å². The highest BCUT2D eigenvalue weighted by molar-refractivity contribution is 5.86. The minimum atomic E-state index is -0.510. The predicted molar refractivity (Wildman–Crippen MR) is 72.4 cm³/mol. The monoisotopic (exact) mass is 286 g/mol. The number of esters is 1. The Morgan fingerprint density at radius 3 is 2.60 bits per heavy atom. The minimum Gasteiger partial charge on any atom is -0.460 e. The van der Waals surface area contributed by atoms with Gasteiger partial charge in [-0.3, -0.25) is 4.90 Å². The summed E-state index contributed by atoms with van der Waals surface area (Å²) >= 11 is 0. The summed E-state index contributed by atoms with van der Waals surface area (Å²) in [6.45, 7) is 9.54. The molecule has 0 unspecified atom stereocenters. The molecule has 0 radical (unpaired) electrons. The van der Waals surface area contributed by atoms with Crippen LogP contribution in [0.3, 0.4) is 0 Å². The molecule has 1 N–H and O–H groups in total. The highest BCUT2D eigenvalue weighted by Crippen LogP contribution is 1.96. The largest absolute Gasteiger partial charge is 0.460 e. The zero-order chi connectivity index (χ0) is 14.8. The van der Waals surface area contributed by atoms with Gasteiger partial charge in [-0.25, -0.2) is 9.59 Å². The number of rotatable bonds is 7. The number of ether oxygens (including phenoxy) is 3. The van der Waals surface area contributed by atoms with Crippen LogP contribution >= 0.6 is 0 Å². The first-order valence-corrected chi connectivity index (χ1v) is 6.63. The van der Waals surface area contributed by atoms with E-state index in [1.54, 1.807) is 6.92 Å². The van der Waals surface area contributed by atoms with Crippen LogP contribution in [0.15, 0.2) is 12.2 Å². The fourth-order valence-electron chi connectivity index (χ4n) is 1.56. The number of carbonyl (C=O) groups excluding carboxylic acids is 2. The number of nitrogens with one attached hydrogen (secondary N) is 1. The summed E-state index contributed by atoms with van der Waals surface area (Å²) in [6.07, 6.45) is -0.510. The molecule has 0 bridgehead atoms. The van der Waals surface area contributed by atoms with Gasteiger partial charge in [-0.1, -0.05) is 6.58 Å². The number of nitrogens with zero attached hydrogens (tertiary/aromatic N) is 1. The van der Waals surface area contributed by atoms with Crippen LogP contribution in [0.4, 0.5) is 4.79 Å². The van der Waals surface area contributed by atoms with Crippen LogP contribution in [0, 0.1) is 0 Å². The summed E-state index contributed by atoms with van der Waals surface area (Å²) in [6, 6.07) is 0. The van der Waals surface area contributed by atoms with Gasteiger partial charge in [0, 0.05) is 25.2 Å². The van der Waals surface area contributed by atoms with Gasteiger partial charge in [0.15, 0.2) is 0 Å². The van der Waals surface area contributed by atoms with Crippen molar-refractivity contribution in [1.82, 2.24) is 10.2 Å². The average Bonchev–Trinajstić information content (AvgIpc) is 2.44. The van der Waals surface area contributed by atoms with Crippen molar-refractivity contribution in [1.29, 1.82) is 0 Å². The summed E-state index contributed by atoms with van der Waals surface area (Å²) in [5, 5.41) is 2.50. The minimum absolute atomic E-state index is 0.101. The second kappa shape index (κ2) is 9.33. The number of morpholine rings is 1. The Balaban J connectivity index is 1.97. The maximum atomic E-state index is 11.3. The summed E-state index contributed by atoms with van der Waals surface area (Å²) < 4.78 is 15.1. The Bertz CT molecular complexity index is 340. The zero-order valence-electron chi connectivity index (χ0n) is 11.9. The lowest BCUT2D eigenvalue weighted by Crippen LogP contribution is -2.39. The van der Waals surface area contributed by atoms with E-state index in [1.807, 2.05) is 0 Å². The van der Waals surface area contributed by atoms with Crippen molar-refractivity contribution in [2.24, 2.45) is 0 Å². The van der Waals surface area contributed by atoms with Crippen LogP contribution in [0.1, 0.15) is 6.92 Å². The van der Waals surface area contributed by atoms with E-state index in [4.69, 9.17) is 14.2 Å². The van der Waals surface area contributed by atoms with Crippen LogP contribution < -0.4 is 5.32 Å². The fraction of sp³-hybridized carbons (Fsp3) is 0.692. The molecule has 0 aromatic heterocycles. The van der Waals surface area contributed by atoms with Crippen LogP contribution in [0.25, 0.3) is 0 Å². The van der Waals surface area contributed by atoms with E-state index in [1.165, 1.54) is 0 Å². The summed E-state index contributed by atoms with van der Waals surface area (Å²) in [5.41, 5.74) is 0.332. The van der Waals surface area contributed by atoms with E-state index in [-0.39, 0.29) is 13.2 Å². The Hall–Kier alpha value is -1.60. The molecule has 1 heterocycles. The van der Waals surface area contributed by atoms with E-state index in [0.29, 0.717) is 18.7 Å². The lowest BCUT2D eigenvalue weighted by atomic mass is 10.4. The average molecular weight is 286 g/mol. The quantitative estimate of drug-likeness (QED) is 0.408. The molecule has 114 valence electrons. The molecule has 0 aliphatic carbocycles. The third-order valence-corrected chi connectivity index (χ3v) is 2.70. The lowest BCUT2D eigenvalue weighted by molar-refractivity contribution is -0.138. The third-order valence-electron chi connectivity index (χ3n) is 2.70. The molecule has 0 aromatic rings. The number of hydrogen-bond acceptors (Lipinski definition) is 6. The SMILES string of the molecule is C=C(C)C(=O)OCCNC(=O)OCCN1CCOCC1. The maximum Gasteiger partial charge on any atom is 0.407 e. The summed E-state index contributed by atoms with van der Waals surface area (Å²) in [7, 11) is 0. The van der Waals surface area contributed by atoms with E-state index in [0.717, 1.165) is 26.3 Å². The van der Waals surface area contributed by atoms with Crippen molar-refractivity contribution in [3.8, 4) is 0 Å². The van der Waals surface area contributed by atoms with E-state index < -0.39 is 12.1 Å². The Labute approximate surface area is 118 Å². The van der Waals surface area contributed by atoms with Crippen molar-refractivity contribution in [2.45, 2.75) is 6.92 Å². The zero-order valence-corrected chi connectivity index (χ0v) is 11.9. The molecule has 1 rings (SSSR count). The predicted octanol–water partition coefficient (Wildman–Crippen LogP) is 0.164. The maximum absolute atomic E-state index is 11.3. The number of amides is 1. The van der Waals surface area contributed by atoms with Crippen molar-refractivity contribution in [3.05, 3.63) is 12.2 Å². The molecule has 1 aliphatic rings. The van der Waals surface area contributed by atoms with Crippen molar-refractivity contribution < 1.29 is 23.8 Å². The van der Waals surface area contributed by atoms with Crippen LogP contribution in [-0.4, -0.2) is 69.6 Å². The van der Waals surface area contributed by atoms with Gasteiger partial charge in [0.1, 0.15) is 13.2 Å². The first kappa shape index (κ1) is 16.5. The molecule has 0 atom stereocenters. The normalized spacial score (nSPS) is 15.4. The summed E-state index contributed by atoms with van der Waals surface area (Å²) in [4.78, 5) is 24.6. The molecule has 7 nitrogen and oxygen atoms in total. The van der Waals surface area contributed by atoms with Gasteiger partial charge in [0.25, 0.3) is 0 Å². The highest BCUT2D eigenvalue weighted by Gasteiger charge is 2.10. The van der Waals surface area contributed by atoms with Gasteiger partial charge >= 0.3 is 12.1 Å². The standard InChI is InChI=1S/C13H22N2O5/c1-11(2)12(16)19-7-3-14-13(17)20-10-6-15-4-8-18-9-5-15/h1,3-10H2,2H3,(H,14,17). The Morgan fingerprint density at radius 2 is 1.95 bits per heavy atom. The molecule has 1 fully saturated rings. The van der Waals surface area contributed by atoms with Gasteiger partial charge in [0.05, 0.1) is 19.8 Å². The molecule has 0 aromatic carbocycles. The Morgan fingerprint density at radius 1 is 1.25 bits per heavy atom. The summed E-state index contributed by atoms with van der Waals surface area (Å²) in [5.74, 6) is -0.465. The van der Waals surface area contributed by atoms with Crippen molar-refractivity contribution in [3.63, 3.8) is 0 Å². The van der Waals surface area contributed by atoms with Crippen LogP contribution in [0.2, 0.25) is 0 Å². The molecular weight excluding hydrogens is 264 g/mol. The second-order valence-electron chi connectivity index (χ2n) is 4.43. The van der Waals surface area contributed by atoms with Crippen LogP contribution in [0.5, 0.6) is 0 Å². The molecule has 0 saturated carbocycles. The topological polar surface area (TPSA) is 77.1 Å². The fourth-order valence-corrected chi connectivity index (χ4v) is 1.56. The second-order valence-corrected chi connectivity index (χ2v) is 4.43. The first-order valence-electron chi connectivity index (χ1n) is 6.63. The van der Waals surface area contributed by atoms with Gasteiger partial charge in [0.2, 0.25) is 0 Å². The molecule has 20 heavy (non-hydrogen) atoms. The van der Waals surface area contributed by atoms with E-state index >= 15 is 0 Å². The lowest BCUT2D eigenvalue weighted by Gasteiger charge is -2.26. The van der Waals surface area contributed by atoms with Gasteiger partial charge in [-0.05, 0) is 6.92 Å². The third kappa shape index (κ3) is 7.10. The first-order chi connectivity index (χ1) is 9.59. The number of carbonyl (C=O) groups is 2. The van der Waals surface area contributed by atoms with E-state index in [2.05, 4.69) is 16.8 Å². The van der Waals surface area contributed by atoms with Gasteiger partial charge in [-0.15, -0.1) is 0 Å². The Kier molecular flexibility index (Phi) is 7.67. The molecule has 1 amide bonds. The molecule has 1 aliphatic heterocycles. The number of hydrogen-bond donors (Lipinski definition) is 1. The molecule has 7 heteroatoms. The van der Waals surface area contributed by atoms with Crippen molar-refractivity contribution >= 4 is 12.1 Å². The number of alkyl carbamates (subject to hydrolysis) is 1. The molecule has 1 saturated heterocycles. The molecular formula is C13H22N2O5. The smallest absolute Gasteiger partial charge is 0.407 e. The highest BCUT2D eigenvalue weighted by atomic mass is 16.6. The molecule has 0 spiro atoms.